The fourth-order valence-corrected chi connectivity index (χ4v) is 3.83. The lowest BCUT2D eigenvalue weighted by Gasteiger charge is -2.38. The number of hydrogen-bond acceptors (Lipinski definition) is 3. The van der Waals surface area contributed by atoms with Crippen LogP contribution in [0.5, 0.6) is 0 Å². The summed E-state index contributed by atoms with van der Waals surface area (Å²) < 4.78 is 0. The Balaban J connectivity index is 2.17. The second kappa shape index (κ2) is 5.51. The fourth-order valence-electron chi connectivity index (χ4n) is 2.82. The first-order chi connectivity index (χ1) is 8.17. The molecule has 0 spiro atoms. The zero-order valence-electron chi connectivity index (χ0n) is 10.6. The van der Waals surface area contributed by atoms with E-state index in [1.807, 2.05) is 0 Å². The van der Waals surface area contributed by atoms with Crippen molar-refractivity contribution >= 4 is 11.3 Å². The third-order valence-corrected chi connectivity index (χ3v) is 4.88. The van der Waals surface area contributed by atoms with Gasteiger partial charge in [-0.3, -0.25) is 0 Å². The Hall–Kier alpha value is -0.380. The van der Waals surface area contributed by atoms with Gasteiger partial charge in [0.1, 0.15) is 0 Å². The number of hydrogen-bond donors (Lipinski definition) is 2. The normalized spacial score (nSPS) is 21.4. The van der Waals surface area contributed by atoms with Gasteiger partial charge in [-0.2, -0.15) is 0 Å². The molecule has 0 amide bonds. The lowest BCUT2D eigenvalue weighted by atomic mass is 9.76. The lowest BCUT2D eigenvalue weighted by Crippen LogP contribution is -2.47. The summed E-state index contributed by atoms with van der Waals surface area (Å²) in [5, 5.41) is 12.7. The van der Waals surface area contributed by atoms with Crippen molar-refractivity contribution < 1.29 is 5.11 Å². The summed E-state index contributed by atoms with van der Waals surface area (Å²) in [6.45, 7) is 2.18. The van der Waals surface area contributed by atoms with Crippen LogP contribution in [-0.4, -0.2) is 10.6 Å². The van der Waals surface area contributed by atoms with Crippen molar-refractivity contribution in [3.05, 3.63) is 21.9 Å². The second-order valence-corrected chi connectivity index (χ2v) is 6.25. The van der Waals surface area contributed by atoms with Crippen molar-refractivity contribution in [2.75, 3.05) is 0 Å². The van der Waals surface area contributed by atoms with Crippen LogP contribution in [0.15, 0.2) is 11.4 Å². The van der Waals surface area contributed by atoms with E-state index in [1.54, 1.807) is 11.3 Å². The highest BCUT2D eigenvalue weighted by Gasteiger charge is 2.37. The molecule has 17 heavy (non-hydrogen) atoms. The van der Waals surface area contributed by atoms with Gasteiger partial charge >= 0.3 is 0 Å². The number of aryl methyl sites for hydroxylation is 1. The van der Waals surface area contributed by atoms with E-state index in [1.165, 1.54) is 11.3 Å². The molecule has 0 radical (unpaired) electrons. The zero-order valence-corrected chi connectivity index (χ0v) is 11.4. The van der Waals surface area contributed by atoms with Gasteiger partial charge in [-0.15, -0.1) is 11.3 Å². The molecule has 0 bridgehead atoms. The van der Waals surface area contributed by atoms with Gasteiger partial charge in [-0.1, -0.05) is 32.6 Å². The Bertz CT molecular complexity index is 355. The van der Waals surface area contributed by atoms with Crippen molar-refractivity contribution in [3.8, 4) is 0 Å². The number of thiophene rings is 1. The van der Waals surface area contributed by atoms with Crippen LogP contribution in [0.25, 0.3) is 0 Å². The fraction of sp³-hybridized carbons (Fsp3) is 0.714. The summed E-state index contributed by atoms with van der Waals surface area (Å²) in [6.07, 6.45) is 7.18. The average Bonchev–Trinajstić information content (AvgIpc) is 2.78. The van der Waals surface area contributed by atoms with Gasteiger partial charge in [0, 0.05) is 10.4 Å². The van der Waals surface area contributed by atoms with E-state index in [-0.39, 0.29) is 5.54 Å². The van der Waals surface area contributed by atoms with Gasteiger partial charge in [-0.05, 0) is 36.3 Å². The van der Waals surface area contributed by atoms with Crippen molar-refractivity contribution in [1.29, 1.82) is 0 Å². The summed E-state index contributed by atoms with van der Waals surface area (Å²) in [6, 6.07) is 2.06. The smallest absolute Gasteiger partial charge is 0.0980 e. The first-order valence-electron chi connectivity index (χ1n) is 6.70. The maximum atomic E-state index is 10.6. The molecule has 1 aliphatic rings. The van der Waals surface area contributed by atoms with Crippen LogP contribution in [0.1, 0.15) is 62.0 Å². The molecule has 2 rings (SSSR count). The largest absolute Gasteiger partial charge is 0.386 e. The Labute approximate surface area is 108 Å². The van der Waals surface area contributed by atoms with E-state index in [2.05, 4.69) is 18.4 Å². The Morgan fingerprint density at radius 3 is 2.76 bits per heavy atom. The molecule has 1 fully saturated rings. The zero-order chi connectivity index (χ0) is 12.3. The van der Waals surface area contributed by atoms with E-state index in [0.717, 1.165) is 44.1 Å². The van der Waals surface area contributed by atoms with Crippen LogP contribution >= 0.6 is 11.3 Å². The summed E-state index contributed by atoms with van der Waals surface area (Å²) >= 11 is 1.75. The highest BCUT2D eigenvalue weighted by molar-refractivity contribution is 7.10. The lowest BCUT2D eigenvalue weighted by molar-refractivity contribution is 0.0584. The first-order valence-corrected chi connectivity index (χ1v) is 7.58. The van der Waals surface area contributed by atoms with Gasteiger partial charge in [0.05, 0.1) is 6.10 Å². The molecule has 3 heteroatoms. The molecule has 1 aromatic heterocycles. The maximum Gasteiger partial charge on any atom is 0.0980 e. The molecular weight excluding hydrogens is 230 g/mol. The molecule has 1 saturated carbocycles. The average molecular weight is 253 g/mol. The Kier molecular flexibility index (Phi) is 4.23. The first kappa shape index (κ1) is 13.1. The molecule has 1 aromatic rings. The van der Waals surface area contributed by atoms with Gasteiger partial charge in [0.25, 0.3) is 0 Å². The van der Waals surface area contributed by atoms with Crippen LogP contribution in [0, 0.1) is 0 Å². The minimum Gasteiger partial charge on any atom is -0.386 e. The summed E-state index contributed by atoms with van der Waals surface area (Å²) in [7, 11) is 0. The molecular formula is C14H23NOS. The van der Waals surface area contributed by atoms with Gasteiger partial charge in [0.2, 0.25) is 0 Å². The molecule has 1 heterocycles. The van der Waals surface area contributed by atoms with Crippen molar-refractivity contribution in [3.63, 3.8) is 0 Å². The number of aliphatic hydroxyl groups is 1. The molecule has 3 N–H and O–H groups in total. The minimum absolute atomic E-state index is 0.387. The Morgan fingerprint density at radius 1 is 1.41 bits per heavy atom. The molecule has 96 valence electrons. The van der Waals surface area contributed by atoms with E-state index >= 15 is 0 Å². The van der Waals surface area contributed by atoms with Gasteiger partial charge < -0.3 is 10.8 Å². The number of nitrogens with two attached hydrogens (primary N) is 1. The highest BCUT2D eigenvalue weighted by Crippen LogP contribution is 2.39. The molecule has 0 saturated heterocycles. The van der Waals surface area contributed by atoms with E-state index in [4.69, 9.17) is 5.73 Å². The minimum atomic E-state index is -0.476. The SMILES string of the molecule is CCCc1sccc1C(O)C1(N)CCCCC1. The van der Waals surface area contributed by atoms with Gasteiger partial charge in [0.15, 0.2) is 0 Å². The molecule has 0 aliphatic heterocycles. The van der Waals surface area contributed by atoms with Crippen LogP contribution in [-0.2, 0) is 6.42 Å². The maximum absolute atomic E-state index is 10.6. The second-order valence-electron chi connectivity index (χ2n) is 5.25. The standard InChI is InChI=1S/C14H23NOS/c1-2-6-12-11(7-10-17-12)13(16)14(15)8-4-3-5-9-14/h7,10,13,16H,2-6,8-9,15H2,1H3. The van der Waals surface area contributed by atoms with Crippen LogP contribution in [0.3, 0.4) is 0 Å². The van der Waals surface area contributed by atoms with Crippen molar-refractivity contribution in [2.45, 2.75) is 63.5 Å². The van der Waals surface area contributed by atoms with E-state index in [0.29, 0.717) is 0 Å². The molecule has 1 aliphatic carbocycles. The predicted molar refractivity (Wildman–Crippen MR) is 73.3 cm³/mol. The molecule has 2 nitrogen and oxygen atoms in total. The number of aliphatic hydroxyl groups excluding tert-OH is 1. The third kappa shape index (κ3) is 2.72. The van der Waals surface area contributed by atoms with Crippen LogP contribution in [0.4, 0.5) is 0 Å². The summed E-state index contributed by atoms with van der Waals surface area (Å²) in [4.78, 5) is 1.32. The molecule has 1 atom stereocenters. The van der Waals surface area contributed by atoms with Crippen molar-refractivity contribution in [1.82, 2.24) is 0 Å². The quantitative estimate of drug-likeness (QED) is 0.864. The van der Waals surface area contributed by atoms with Crippen LogP contribution in [0.2, 0.25) is 0 Å². The van der Waals surface area contributed by atoms with E-state index < -0.39 is 6.10 Å². The molecule has 0 aromatic carbocycles. The molecule has 1 unspecified atom stereocenters. The highest BCUT2D eigenvalue weighted by atomic mass is 32.1. The van der Waals surface area contributed by atoms with Crippen molar-refractivity contribution in [2.24, 2.45) is 5.73 Å². The topological polar surface area (TPSA) is 46.2 Å². The van der Waals surface area contributed by atoms with Crippen LogP contribution < -0.4 is 5.73 Å². The summed E-state index contributed by atoms with van der Waals surface area (Å²) in [5.41, 5.74) is 7.11. The van der Waals surface area contributed by atoms with Gasteiger partial charge in [-0.25, -0.2) is 0 Å². The van der Waals surface area contributed by atoms with E-state index in [9.17, 15) is 5.11 Å². The summed E-state index contributed by atoms with van der Waals surface area (Å²) in [5.74, 6) is 0. The third-order valence-electron chi connectivity index (χ3n) is 3.88. The Morgan fingerprint density at radius 2 is 2.12 bits per heavy atom. The number of rotatable bonds is 4. The monoisotopic (exact) mass is 253 g/mol. The predicted octanol–water partition coefficient (Wildman–Crippen LogP) is 3.40.